The van der Waals surface area contributed by atoms with Crippen LogP contribution in [0.4, 0.5) is 0 Å². The lowest BCUT2D eigenvalue weighted by Gasteiger charge is -2.13. The van der Waals surface area contributed by atoms with Crippen LogP contribution in [0.15, 0.2) is 10.9 Å². The van der Waals surface area contributed by atoms with Crippen LogP contribution in [0.5, 0.6) is 0 Å². The van der Waals surface area contributed by atoms with Crippen molar-refractivity contribution >= 4 is 16.3 Å². The average Bonchev–Trinajstić information content (AvgIpc) is 2.94. The van der Waals surface area contributed by atoms with Crippen molar-refractivity contribution in [2.45, 2.75) is 32.1 Å². The van der Waals surface area contributed by atoms with Crippen molar-refractivity contribution in [1.82, 2.24) is 19.5 Å². The van der Waals surface area contributed by atoms with E-state index in [1.807, 2.05) is 11.8 Å². The number of aryl methyl sites for hydroxylation is 1. The topological polar surface area (TPSA) is 91.0 Å². The van der Waals surface area contributed by atoms with Crippen molar-refractivity contribution in [3.05, 3.63) is 27.1 Å². The van der Waals surface area contributed by atoms with E-state index < -0.39 is 12.2 Å². The Morgan fingerprint density at radius 2 is 2.10 bits per heavy atom. The van der Waals surface area contributed by atoms with E-state index in [4.69, 9.17) is 0 Å². The maximum Gasteiger partial charge on any atom is 0.275 e. The van der Waals surface area contributed by atoms with Gasteiger partial charge >= 0.3 is 0 Å². The van der Waals surface area contributed by atoms with E-state index in [2.05, 4.69) is 10.1 Å². The molecule has 0 aromatic carbocycles. The summed E-state index contributed by atoms with van der Waals surface area (Å²) in [7, 11) is 0. The van der Waals surface area contributed by atoms with Crippen molar-refractivity contribution in [2.75, 3.05) is 13.1 Å². The summed E-state index contributed by atoms with van der Waals surface area (Å²) in [6.45, 7) is 3.21. The Balaban J connectivity index is 1.87. The first-order valence-electron chi connectivity index (χ1n) is 6.54. The van der Waals surface area contributed by atoms with Crippen LogP contribution in [0.25, 0.3) is 4.96 Å². The van der Waals surface area contributed by atoms with Crippen molar-refractivity contribution in [1.29, 1.82) is 0 Å². The molecule has 2 aromatic rings. The molecule has 7 nitrogen and oxygen atoms in total. The van der Waals surface area contributed by atoms with Gasteiger partial charge in [-0.25, -0.2) is 4.98 Å². The molecule has 0 bridgehead atoms. The van der Waals surface area contributed by atoms with Gasteiger partial charge in [0.2, 0.25) is 4.96 Å². The minimum absolute atomic E-state index is 0.193. The third kappa shape index (κ3) is 2.47. The molecule has 1 saturated heterocycles. The SMILES string of the molecule is CCc1nn2c(=O)cc(CN3CC(O)C(O)C3)nc2s1. The van der Waals surface area contributed by atoms with Gasteiger partial charge in [0, 0.05) is 25.7 Å². The minimum atomic E-state index is -0.727. The van der Waals surface area contributed by atoms with Gasteiger partial charge in [-0.1, -0.05) is 18.3 Å². The average molecular weight is 296 g/mol. The van der Waals surface area contributed by atoms with Crippen molar-refractivity contribution in [2.24, 2.45) is 0 Å². The third-order valence-corrected chi connectivity index (χ3v) is 4.42. The van der Waals surface area contributed by atoms with Gasteiger partial charge in [-0.2, -0.15) is 9.61 Å². The quantitative estimate of drug-likeness (QED) is 0.774. The smallest absolute Gasteiger partial charge is 0.275 e. The standard InChI is InChI=1S/C12H16N4O3S/c1-2-10-14-16-11(19)3-7(13-12(16)20-10)4-15-5-8(17)9(18)6-15/h3,8-9,17-18H,2,4-6H2,1H3. The molecule has 2 unspecified atom stereocenters. The Kier molecular flexibility index (Phi) is 3.55. The molecule has 0 radical (unpaired) electrons. The molecular formula is C12H16N4O3S. The first-order valence-corrected chi connectivity index (χ1v) is 7.35. The van der Waals surface area contributed by atoms with Crippen LogP contribution in [0.2, 0.25) is 0 Å². The fourth-order valence-electron chi connectivity index (χ4n) is 2.32. The van der Waals surface area contributed by atoms with Crippen LogP contribution < -0.4 is 5.56 Å². The van der Waals surface area contributed by atoms with E-state index in [1.54, 1.807) is 0 Å². The number of fused-ring (bicyclic) bond motifs is 1. The number of hydrogen-bond donors (Lipinski definition) is 2. The molecule has 3 rings (SSSR count). The van der Waals surface area contributed by atoms with Crippen LogP contribution in [-0.4, -0.2) is 55.0 Å². The van der Waals surface area contributed by atoms with Gasteiger partial charge in [-0.3, -0.25) is 9.69 Å². The number of hydrogen-bond acceptors (Lipinski definition) is 7. The molecule has 2 aromatic heterocycles. The summed E-state index contributed by atoms with van der Waals surface area (Å²) in [5.41, 5.74) is 0.448. The van der Waals surface area contributed by atoms with Crippen LogP contribution in [-0.2, 0) is 13.0 Å². The Labute approximate surface area is 119 Å². The summed E-state index contributed by atoms with van der Waals surface area (Å²) in [5.74, 6) is 0. The number of aliphatic hydroxyl groups is 2. The predicted octanol–water partition coefficient (Wildman–Crippen LogP) is -0.749. The van der Waals surface area contributed by atoms with E-state index >= 15 is 0 Å². The lowest BCUT2D eigenvalue weighted by Crippen LogP contribution is -2.24. The minimum Gasteiger partial charge on any atom is -0.389 e. The van der Waals surface area contributed by atoms with Crippen LogP contribution in [0, 0.1) is 0 Å². The van der Waals surface area contributed by atoms with E-state index in [9.17, 15) is 15.0 Å². The second kappa shape index (κ2) is 5.21. The number of nitrogens with zero attached hydrogens (tertiary/aromatic N) is 4. The zero-order valence-corrected chi connectivity index (χ0v) is 11.9. The second-order valence-corrected chi connectivity index (χ2v) is 6.00. The Hall–Kier alpha value is -1.35. The second-order valence-electron chi connectivity index (χ2n) is 4.96. The Morgan fingerprint density at radius 3 is 2.75 bits per heavy atom. The van der Waals surface area contributed by atoms with Gasteiger partial charge in [-0.15, -0.1) is 0 Å². The fraction of sp³-hybridized carbons (Fsp3) is 0.583. The van der Waals surface area contributed by atoms with Crippen molar-refractivity contribution in [3.8, 4) is 0 Å². The summed E-state index contributed by atoms with van der Waals surface area (Å²) in [5, 5.41) is 24.1. The largest absolute Gasteiger partial charge is 0.389 e. The number of likely N-dealkylation sites (tertiary alicyclic amines) is 1. The fourth-order valence-corrected chi connectivity index (χ4v) is 3.18. The Bertz CT molecular complexity index is 673. The molecule has 2 atom stereocenters. The van der Waals surface area contributed by atoms with Crippen molar-refractivity contribution in [3.63, 3.8) is 0 Å². The molecule has 20 heavy (non-hydrogen) atoms. The molecule has 1 aliphatic rings. The van der Waals surface area contributed by atoms with Gasteiger partial charge < -0.3 is 10.2 Å². The summed E-state index contributed by atoms with van der Waals surface area (Å²) in [6.07, 6.45) is -0.683. The highest BCUT2D eigenvalue weighted by Crippen LogP contribution is 2.15. The van der Waals surface area contributed by atoms with E-state index in [0.29, 0.717) is 30.3 Å². The number of rotatable bonds is 3. The van der Waals surface area contributed by atoms with Crippen LogP contribution in [0.1, 0.15) is 17.6 Å². The molecule has 8 heteroatoms. The highest BCUT2D eigenvalue weighted by atomic mass is 32.1. The van der Waals surface area contributed by atoms with Gasteiger partial charge in [0.05, 0.1) is 17.9 Å². The number of aromatic nitrogens is 3. The lowest BCUT2D eigenvalue weighted by atomic mass is 10.3. The maximum atomic E-state index is 12.0. The van der Waals surface area contributed by atoms with Crippen LogP contribution >= 0.6 is 11.3 Å². The first-order chi connectivity index (χ1) is 9.56. The third-order valence-electron chi connectivity index (χ3n) is 3.36. The van der Waals surface area contributed by atoms with Gasteiger partial charge in [0.1, 0.15) is 5.01 Å². The molecule has 0 amide bonds. The summed E-state index contributed by atoms with van der Waals surface area (Å²) in [4.78, 5) is 18.9. The summed E-state index contributed by atoms with van der Waals surface area (Å²) in [6, 6.07) is 1.46. The van der Waals surface area contributed by atoms with E-state index in [-0.39, 0.29) is 5.56 Å². The lowest BCUT2D eigenvalue weighted by molar-refractivity contribution is 0.0572. The van der Waals surface area contributed by atoms with E-state index in [0.717, 1.165) is 11.4 Å². The highest BCUT2D eigenvalue weighted by molar-refractivity contribution is 7.16. The zero-order valence-electron chi connectivity index (χ0n) is 11.1. The molecule has 0 saturated carbocycles. The molecule has 108 valence electrons. The molecule has 0 aliphatic carbocycles. The number of aliphatic hydroxyl groups excluding tert-OH is 2. The van der Waals surface area contributed by atoms with Gasteiger partial charge in [0.15, 0.2) is 0 Å². The van der Waals surface area contributed by atoms with Crippen molar-refractivity contribution < 1.29 is 10.2 Å². The molecule has 0 spiro atoms. The summed E-state index contributed by atoms with van der Waals surface area (Å²) >= 11 is 1.41. The van der Waals surface area contributed by atoms with Gasteiger partial charge in [-0.05, 0) is 6.42 Å². The normalized spacial score (nSPS) is 23.8. The Morgan fingerprint density at radius 1 is 1.40 bits per heavy atom. The first kappa shape index (κ1) is 13.6. The zero-order chi connectivity index (χ0) is 14.3. The monoisotopic (exact) mass is 296 g/mol. The number of β-amino-alcohol motifs (C(OH)–C–C–N with tert-alkyl or cyclic N) is 2. The maximum absolute atomic E-state index is 12.0. The van der Waals surface area contributed by atoms with Crippen LogP contribution in [0.3, 0.4) is 0 Å². The molecular weight excluding hydrogens is 280 g/mol. The van der Waals surface area contributed by atoms with Gasteiger partial charge in [0.25, 0.3) is 5.56 Å². The summed E-state index contributed by atoms with van der Waals surface area (Å²) < 4.78 is 1.32. The van der Waals surface area contributed by atoms with E-state index in [1.165, 1.54) is 21.9 Å². The molecule has 2 N–H and O–H groups in total. The highest BCUT2D eigenvalue weighted by Gasteiger charge is 2.29. The molecule has 1 fully saturated rings. The predicted molar refractivity (Wildman–Crippen MR) is 73.8 cm³/mol. The molecule has 1 aliphatic heterocycles. The molecule has 3 heterocycles.